The predicted octanol–water partition coefficient (Wildman–Crippen LogP) is 0.297. The van der Waals surface area contributed by atoms with Crippen LogP contribution in [0.15, 0.2) is 0 Å². The summed E-state index contributed by atoms with van der Waals surface area (Å²) in [6, 6.07) is 0. The first-order valence-corrected chi connectivity index (χ1v) is 7.22. The van der Waals surface area contributed by atoms with E-state index < -0.39 is 23.5 Å². The standard InChI is InChI=1S/C14H14O5/c15-12(16)10(13(17)18)14-8-3-1-2-4-5(3)9(14)7(4)11(19-14)6(2)8/h2-11H,1H2,(H,15,16)(H,17,18)/t2-,3+,4?,5?,6?,7?,8?,9?,11?,14?/m1/s1. The fourth-order valence-electron chi connectivity index (χ4n) is 8.03. The fraction of sp³-hybridized carbons (Fsp3) is 0.857. The van der Waals surface area contributed by atoms with Gasteiger partial charge in [-0.25, -0.2) is 0 Å². The number of carbonyl (C=O) groups is 2. The zero-order chi connectivity index (χ0) is 12.8. The summed E-state index contributed by atoms with van der Waals surface area (Å²) in [5.41, 5.74) is -0.852. The number of carboxylic acids is 2. The van der Waals surface area contributed by atoms with Crippen molar-refractivity contribution in [2.75, 3.05) is 0 Å². The van der Waals surface area contributed by atoms with Gasteiger partial charge in [0.2, 0.25) is 0 Å². The molecule has 5 aliphatic carbocycles. The van der Waals surface area contributed by atoms with Crippen molar-refractivity contribution in [2.24, 2.45) is 53.3 Å². The van der Waals surface area contributed by atoms with E-state index in [1.165, 1.54) is 6.42 Å². The zero-order valence-corrected chi connectivity index (χ0v) is 10.1. The van der Waals surface area contributed by atoms with Crippen molar-refractivity contribution in [3.05, 3.63) is 0 Å². The van der Waals surface area contributed by atoms with Crippen molar-refractivity contribution in [2.45, 2.75) is 18.1 Å². The lowest BCUT2D eigenvalue weighted by molar-refractivity contribution is -0.173. The van der Waals surface area contributed by atoms with E-state index in [2.05, 4.69) is 0 Å². The molecule has 0 spiro atoms. The molecule has 7 rings (SSSR count). The second-order valence-corrected chi connectivity index (χ2v) is 7.47. The summed E-state index contributed by atoms with van der Waals surface area (Å²) in [6.07, 6.45) is 1.40. The average Bonchev–Trinajstić information content (AvgIpc) is 2.87. The minimum Gasteiger partial charge on any atom is -0.481 e. The van der Waals surface area contributed by atoms with Crippen LogP contribution in [0.3, 0.4) is 0 Å². The Morgan fingerprint density at radius 2 is 1.74 bits per heavy atom. The zero-order valence-electron chi connectivity index (χ0n) is 10.1. The van der Waals surface area contributed by atoms with Gasteiger partial charge in [0.1, 0.15) is 0 Å². The first-order chi connectivity index (χ1) is 9.09. The van der Waals surface area contributed by atoms with Crippen LogP contribution in [0, 0.1) is 53.3 Å². The second-order valence-electron chi connectivity index (χ2n) is 7.47. The van der Waals surface area contributed by atoms with Gasteiger partial charge in [0.15, 0.2) is 5.92 Å². The molecular weight excluding hydrogens is 248 g/mol. The summed E-state index contributed by atoms with van der Waals surface area (Å²) in [6.45, 7) is 0. The summed E-state index contributed by atoms with van der Waals surface area (Å²) in [7, 11) is 0. The third kappa shape index (κ3) is 0.618. The molecule has 7 fully saturated rings. The summed E-state index contributed by atoms with van der Waals surface area (Å²) < 4.78 is 6.18. The lowest BCUT2D eigenvalue weighted by Gasteiger charge is -2.46. The maximum absolute atomic E-state index is 11.5. The third-order valence-electron chi connectivity index (χ3n) is 7.71. The van der Waals surface area contributed by atoms with Crippen LogP contribution in [0.25, 0.3) is 0 Å². The Hall–Kier alpha value is -1.10. The van der Waals surface area contributed by atoms with Gasteiger partial charge in [-0.15, -0.1) is 0 Å². The molecule has 0 amide bonds. The summed E-state index contributed by atoms with van der Waals surface area (Å²) >= 11 is 0. The van der Waals surface area contributed by atoms with Gasteiger partial charge in [-0.1, -0.05) is 0 Å². The first-order valence-electron chi connectivity index (χ1n) is 7.22. The van der Waals surface area contributed by atoms with Gasteiger partial charge in [0.05, 0.1) is 11.7 Å². The largest absolute Gasteiger partial charge is 0.481 e. The molecule has 100 valence electrons. The normalized spacial score (nSPS) is 67.5. The van der Waals surface area contributed by atoms with Crippen LogP contribution in [0.4, 0.5) is 0 Å². The summed E-state index contributed by atoms with van der Waals surface area (Å²) in [5.74, 6) is 0.281. The molecule has 7 aliphatic rings. The molecule has 0 aromatic carbocycles. The lowest BCUT2D eigenvalue weighted by Crippen LogP contribution is -2.56. The second kappa shape index (κ2) is 2.32. The molecule has 5 saturated carbocycles. The van der Waals surface area contributed by atoms with Crippen LogP contribution >= 0.6 is 0 Å². The SMILES string of the molecule is O=C(O)C(C(=O)O)C12OC3C4C5C(C41)[C@@H]1C[C@H]5C3C12. The van der Waals surface area contributed by atoms with Crippen LogP contribution < -0.4 is 0 Å². The lowest BCUT2D eigenvalue weighted by atomic mass is 9.55. The molecule has 0 aromatic rings. The van der Waals surface area contributed by atoms with Crippen LogP contribution in [-0.4, -0.2) is 33.9 Å². The van der Waals surface area contributed by atoms with Crippen molar-refractivity contribution in [1.29, 1.82) is 0 Å². The number of ether oxygens (including phenoxy) is 1. The van der Waals surface area contributed by atoms with E-state index in [1.807, 2.05) is 0 Å². The van der Waals surface area contributed by atoms with Gasteiger partial charge in [-0.3, -0.25) is 9.59 Å². The Morgan fingerprint density at radius 3 is 2.42 bits per heavy atom. The molecule has 4 bridgehead atoms. The molecule has 5 heteroatoms. The smallest absolute Gasteiger partial charge is 0.320 e. The summed E-state index contributed by atoms with van der Waals surface area (Å²) in [5, 5.41) is 18.8. The van der Waals surface area contributed by atoms with Crippen LogP contribution in [0.2, 0.25) is 0 Å². The highest BCUT2D eigenvalue weighted by molar-refractivity contribution is 5.95. The minimum atomic E-state index is -1.36. The molecule has 0 radical (unpaired) electrons. The van der Waals surface area contributed by atoms with E-state index in [-0.39, 0.29) is 17.9 Å². The Morgan fingerprint density at radius 1 is 1.00 bits per heavy atom. The Balaban J connectivity index is 1.60. The van der Waals surface area contributed by atoms with Crippen molar-refractivity contribution < 1.29 is 24.5 Å². The van der Waals surface area contributed by atoms with E-state index in [1.54, 1.807) is 0 Å². The Bertz CT molecular complexity index is 548. The maximum atomic E-state index is 11.5. The third-order valence-corrected chi connectivity index (χ3v) is 7.71. The molecule has 2 aliphatic heterocycles. The van der Waals surface area contributed by atoms with Gasteiger partial charge in [0, 0.05) is 0 Å². The van der Waals surface area contributed by atoms with Crippen molar-refractivity contribution >= 4 is 11.9 Å². The molecular formula is C14H14O5. The molecule has 19 heavy (non-hydrogen) atoms. The average molecular weight is 262 g/mol. The molecule has 2 N–H and O–H groups in total. The van der Waals surface area contributed by atoms with Crippen molar-refractivity contribution in [3.63, 3.8) is 0 Å². The molecule has 5 nitrogen and oxygen atoms in total. The highest BCUT2D eigenvalue weighted by Crippen LogP contribution is 2.91. The predicted molar refractivity (Wildman–Crippen MR) is 58.9 cm³/mol. The highest BCUT2D eigenvalue weighted by atomic mass is 16.5. The van der Waals surface area contributed by atoms with Crippen LogP contribution in [-0.2, 0) is 14.3 Å². The topological polar surface area (TPSA) is 83.8 Å². The van der Waals surface area contributed by atoms with E-state index >= 15 is 0 Å². The highest BCUT2D eigenvalue weighted by Gasteiger charge is 2.94. The minimum absolute atomic E-state index is 0.190. The van der Waals surface area contributed by atoms with Crippen LogP contribution in [0.5, 0.6) is 0 Å². The van der Waals surface area contributed by atoms with Gasteiger partial charge in [-0.05, 0) is 53.8 Å². The monoisotopic (exact) mass is 262 g/mol. The van der Waals surface area contributed by atoms with Gasteiger partial charge in [0.25, 0.3) is 0 Å². The number of carboxylic acid groups (broad SMARTS) is 2. The van der Waals surface area contributed by atoms with Gasteiger partial charge >= 0.3 is 11.9 Å². The van der Waals surface area contributed by atoms with Crippen molar-refractivity contribution in [3.8, 4) is 0 Å². The Kier molecular flexibility index (Phi) is 1.19. The number of hydrogen-bond acceptors (Lipinski definition) is 3. The fourth-order valence-corrected chi connectivity index (χ4v) is 8.03. The van der Waals surface area contributed by atoms with Gasteiger partial charge in [-0.2, -0.15) is 0 Å². The number of rotatable bonds is 3. The quantitative estimate of drug-likeness (QED) is 0.714. The molecule has 10 atom stereocenters. The van der Waals surface area contributed by atoms with E-state index in [4.69, 9.17) is 4.74 Å². The molecule has 8 unspecified atom stereocenters. The van der Waals surface area contributed by atoms with E-state index in [0.29, 0.717) is 23.7 Å². The van der Waals surface area contributed by atoms with Gasteiger partial charge < -0.3 is 14.9 Å². The molecule has 2 heterocycles. The maximum Gasteiger partial charge on any atom is 0.320 e. The Labute approximate surface area is 108 Å². The molecule has 2 saturated heterocycles. The summed E-state index contributed by atoms with van der Waals surface area (Å²) in [4.78, 5) is 23.1. The van der Waals surface area contributed by atoms with Crippen LogP contribution in [0.1, 0.15) is 6.42 Å². The first kappa shape index (κ1) is 9.75. The van der Waals surface area contributed by atoms with E-state index in [0.717, 1.165) is 11.8 Å². The number of aliphatic carboxylic acids is 2. The van der Waals surface area contributed by atoms with Crippen molar-refractivity contribution in [1.82, 2.24) is 0 Å². The number of hydrogen-bond donors (Lipinski definition) is 2. The molecule has 0 aromatic heterocycles. The van der Waals surface area contributed by atoms with E-state index in [9.17, 15) is 19.8 Å².